The highest BCUT2D eigenvalue weighted by Crippen LogP contribution is 2.55. The third kappa shape index (κ3) is 5.29. The molecule has 2 amide bonds. The molecule has 2 aromatic rings. The fourth-order valence-electron chi connectivity index (χ4n) is 8.35. The zero-order valence-corrected chi connectivity index (χ0v) is 26.2. The van der Waals surface area contributed by atoms with Gasteiger partial charge in [-0.25, -0.2) is 4.79 Å². The van der Waals surface area contributed by atoms with Crippen molar-refractivity contribution in [2.24, 2.45) is 16.7 Å². The van der Waals surface area contributed by atoms with Crippen LogP contribution in [0.3, 0.4) is 0 Å². The number of carboxylic acid groups (broad SMARTS) is 1. The van der Waals surface area contributed by atoms with Gasteiger partial charge in [0.1, 0.15) is 0 Å². The highest BCUT2D eigenvalue weighted by molar-refractivity contribution is 5.90. The highest BCUT2D eigenvalue weighted by atomic mass is 16.5. The molecule has 0 bridgehead atoms. The molecule has 2 aromatic carbocycles. The Morgan fingerprint density at radius 1 is 0.864 bits per heavy atom. The molecule has 7 nitrogen and oxygen atoms in total. The number of carbonyl (C=O) groups is 3. The number of fused-ring (bicyclic) bond motifs is 1. The summed E-state index contributed by atoms with van der Waals surface area (Å²) in [6.07, 6.45) is 8.15. The zero-order chi connectivity index (χ0) is 31.1. The molecule has 2 saturated heterocycles. The van der Waals surface area contributed by atoms with Crippen LogP contribution in [0.4, 0.5) is 0 Å². The highest BCUT2D eigenvalue weighted by Gasteiger charge is 2.51. The van der Waals surface area contributed by atoms with E-state index in [9.17, 15) is 19.5 Å². The van der Waals surface area contributed by atoms with Gasteiger partial charge in [0, 0.05) is 56.1 Å². The molecule has 0 unspecified atom stereocenters. The molecule has 1 atom stereocenters. The van der Waals surface area contributed by atoms with E-state index in [1.54, 1.807) is 12.1 Å². The molecule has 1 aliphatic carbocycles. The lowest BCUT2D eigenvalue weighted by Gasteiger charge is -2.52. The molecular formula is C37H44N2O5. The van der Waals surface area contributed by atoms with Crippen LogP contribution in [0.1, 0.15) is 74.4 Å². The van der Waals surface area contributed by atoms with Gasteiger partial charge < -0.3 is 19.6 Å². The molecular weight excluding hydrogens is 552 g/mol. The molecule has 0 saturated carbocycles. The maximum atomic E-state index is 14.7. The van der Waals surface area contributed by atoms with Crippen LogP contribution in [-0.4, -0.2) is 72.1 Å². The van der Waals surface area contributed by atoms with Crippen molar-refractivity contribution in [3.05, 3.63) is 89.0 Å². The zero-order valence-electron chi connectivity index (χ0n) is 26.2. The number of amides is 2. The summed E-state index contributed by atoms with van der Waals surface area (Å²) in [6, 6.07) is 17.3. The van der Waals surface area contributed by atoms with Gasteiger partial charge in [0.15, 0.2) is 0 Å². The van der Waals surface area contributed by atoms with Crippen LogP contribution in [0.15, 0.2) is 72.3 Å². The maximum absolute atomic E-state index is 14.7. The van der Waals surface area contributed by atoms with Gasteiger partial charge >= 0.3 is 5.97 Å². The van der Waals surface area contributed by atoms with E-state index in [2.05, 4.69) is 50.0 Å². The van der Waals surface area contributed by atoms with Crippen molar-refractivity contribution in [1.82, 2.24) is 9.80 Å². The summed E-state index contributed by atoms with van der Waals surface area (Å²) < 4.78 is 5.48. The number of nitrogens with zero attached hydrogens (tertiary/aromatic N) is 2. The Hall–Kier alpha value is -3.71. The Morgan fingerprint density at radius 2 is 1.52 bits per heavy atom. The molecule has 232 valence electrons. The Balaban J connectivity index is 1.24. The Kier molecular flexibility index (Phi) is 8.03. The molecule has 3 heterocycles. The van der Waals surface area contributed by atoms with E-state index >= 15 is 0 Å². The van der Waals surface area contributed by atoms with Gasteiger partial charge in [0.2, 0.25) is 11.8 Å². The van der Waals surface area contributed by atoms with Crippen LogP contribution in [0.25, 0.3) is 5.57 Å². The minimum absolute atomic E-state index is 0.0250. The first-order chi connectivity index (χ1) is 21.0. The second kappa shape index (κ2) is 11.7. The van der Waals surface area contributed by atoms with Crippen LogP contribution < -0.4 is 0 Å². The normalized spacial score (nSPS) is 25.0. The molecule has 0 aromatic heterocycles. The number of ether oxygens (including phenoxy) is 1. The summed E-state index contributed by atoms with van der Waals surface area (Å²) in [5.74, 6) is -0.525. The Bertz CT molecular complexity index is 1480. The Morgan fingerprint density at radius 3 is 2.16 bits per heavy atom. The number of piperidine rings is 1. The minimum atomic E-state index is -0.925. The van der Waals surface area contributed by atoms with Crippen LogP contribution in [0.2, 0.25) is 0 Å². The first-order valence-electron chi connectivity index (χ1n) is 16.0. The molecule has 44 heavy (non-hydrogen) atoms. The summed E-state index contributed by atoms with van der Waals surface area (Å²) in [6.45, 7) is 10.4. The topological polar surface area (TPSA) is 87.2 Å². The summed E-state index contributed by atoms with van der Waals surface area (Å²) in [4.78, 5) is 43.5. The number of likely N-dealkylation sites (tertiary alicyclic amines) is 1. The third-order valence-electron chi connectivity index (χ3n) is 10.8. The lowest BCUT2D eigenvalue weighted by Crippen LogP contribution is -2.57. The van der Waals surface area contributed by atoms with Gasteiger partial charge in [-0.15, -0.1) is 0 Å². The molecule has 2 fully saturated rings. The average Bonchev–Trinajstić information content (AvgIpc) is 3.04. The fraction of sp³-hybridized carbons (Fsp3) is 0.486. The summed E-state index contributed by atoms with van der Waals surface area (Å²) in [7, 11) is 0. The van der Waals surface area contributed by atoms with E-state index in [0.717, 1.165) is 30.4 Å². The third-order valence-corrected chi connectivity index (χ3v) is 10.8. The maximum Gasteiger partial charge on any atom is 0.335 e. The molecule has 1 N–H and O–H groups in total. The van der Waals surface area contributed by atoms with E-state index in [1.165, 1.54) is 11.1 Å². The molecule has 3 aliphatic heterocycles. The van der Waals surface area contributed by atoms with Crippen molar-refractivity contribution in [2.75, 3.05) is 39.4 Å². The number of allylic oxidation sites excluding steroid dienone is 2. The van der Waals surface area contributed by atoms with Crippen molar-refractivity contribution < 1.29 is 24.2 Å². The lowest BCUT2D eigenvalue weighted by molar-refractivity contribution is -0.146. The molecule has 4 aliphatic rings. The van der Waals surface area contributed by atoms with E-state index in [-0.39, 0.29) is 34.1 Å². The van der Waals surface area contributed by atoms with E-state index in [4.69, 9.17) is 4.74 Å². The van der Waals surface area contributed by atoms with E-state index < -0.39 is 11.4 Å². The first-order valence-corrected chi connectivity index (χ1v) is 16.0. The van der Waals surface area contributed by atoms with Gasteiger partial charge in [0.25, 0.3) is 0 Å². The first kappa shape index (κ1) is 30.3. The van der Waals surface area contributed by atoms with Gasteiger partial charge in [-0.05, 0) is 60.9 Å². The predicted molar refractivity (Wildman–Crippen MR) is 170 cm³/mol. The summed E-state index contributed by atoms with van der Waals surface area (Å²) >= 11 is 0. The van der Waals surface area contributed by atoms with Gasteiger partial charge in [-0.2, -0.15) is 0 Å². The quantitative estimate of drug-likeness (QED) is 0.431. The molecule has 0 spiro atoms. The SMILES string of the molecule is CC1(C)C(c2ccc(C(=O)O)cc2)=CC[C@]2(C)CN(C(=O)C3(c4ccccc4)CCN(C(=O)C4CCOCC4)CC3)CC=C12. The second-order valence-electron chi connectivity index (χ2n) is 13.9. The van der Waals surface area contributed by atoms with E-state index in [1.807, 2.05) is 35.2 Å². The number of carboxylic acids is 1. The second-order valence-corrected chi connectivity index (χ2v) is 13.9. The molecule has 0 radical (unpaired) electrons. The van der Waals surface area contributed by atoms with Crippen molar-refractivity contribution in [1.29, 1.82) is 0 Å². The summed E-state index contributed by atoms with van der Waals surface area (Å²) in [5, 5.41) is 9.35. The van der Waals surface area contributed by atoms with Crippen LogP contribution in [0.5, 0.6) is 0 Å². The van der Waals surface area contributed by atoms with Crippen molar-refractivity contribution >= 4 is 23.4 Å². The number of hydrogen-bond acceptors (Lipinski definition) is 4. The fourth-order valence-corrected chi connectivity index (χ4v) is 8.35. The van der Waals surface area contributed by atoms with Crippen molar-refractivity contribution in [2.45, 2.75) is 58.3 Å². The van der Waals surface area contributed by atoms with Crippen LogP contribution in [-0.2, 0) is 19.7 Å². The van der Waals surface area contributed by atoms with Gasteiger partial charge in [0.05, 0.1) is 11.0 Å². The largest absolute Gasteiger partial charge is 0.478 e. The van der Waals surface area contributed by atoms with Crippen molar-refractivity contribution in [3.63, 3.8) is 0 Å². The number of hydrogen-bond donors (Lipinski definition) is 1. The standard InChI is InChI=1S/C37H44N2O5/c1-35(2)30(26-9-11-28(12-10-26)33(41)42)13-17-36(3)25-39(20-14-31(35)36)34(43)37(29-7-5-4-6-8-29)18-21-38(22-19-37)32(40)27-15-23-44-24-16-27/h4-14,27H,15-25H2,1-3H3,(H,41,42)/t36-/m1/s1. The van der Waals surface area contributed by atoms with Crippen LogP contribution in [0, 0.1) is 16.7 Å². The predicted octanol–water partition coefficient (Wildman–Crippen LogP) is 5.96. The minimum Gasteiger partial charge on any atom is -0.478 e. The molecule has 6 rings (SSSR count). The molecule has 7 heteroatoms. The smallest absolute Gasteiger partial charge is 0.335 e. The van der Waals surface area contributed by atoms with Crippen molar-refractivity contribution in [3.8, 4) is 0 Å². The van der Waals surface area contributed by atoms with Gasteiger partial charge in [-0.1, -0.05) is 81.0 Å². The number of benzene rings is 2. The average molecular weight is 597 g/mol. The summed E-state index contributed by atoms with van der Waals surface area (Å²) in [5.41, 5.74) is 3.75. The van der Waals surface area contributed by atoms with Crippen LogP contribution >= 0.6 is 0 Å². The number of aromatic carboxylic acids is 1. The number of rotatable bonds is 5. The Labute approximate surface area is 260 Å². The lowest BCUT2D eigenvalue weighted by atomic mass is 9.58. The van der Waals surface area contributed by atoms with Gasteiger partial charge in [-0.3, -0.25) is 9.59 Å². The number of carbonyl (C=O) groups excluding carboxylic acids is 2. The van der Waals surface area contributed by atoms with E-state index in [0.29, 0.717) is 52.2 Å². The monoisotopic (exact) mass is 596 g/mol.